The highest BCUT2D eigenvalue weighted by Crippen LogP contribution is 2.37. The quantitative estimate of drug-likeness (QED) is 0.630. The van der Waals surface area contributed by atoms with E-state index in [0.29, 0.717) is 5.69 Å². The smallest absolute Gasteiger partial charge is 0.464 e. The second-order valence-corrected chi connectivity index (χ2v) is 6.92. The second-order valence-electron chi connectivity index (χ2n) is 6.92. The first-order chi connectivity index (χ1) is 10.7. The molecule has 1 saturated heterocycles. The number of esters is 1. The van der Waals surface area contributed by atoms with Gasteiger partial charge in [0.15, 0.2) is 0 Å². The summed E-state index contributed by atoms with van der Waals surface area (Å²) in [5, 5.41) is 0.939. The zero-order valence-electron chi connectivity index (χ0n) is 14.5. The SMILES string of the molecule is COC(=O)c1c(B2OC(C)(C)C(C)(C)O2)c2ccccc2n1C. The molecule has 0 bridgehead atoms. The highest BCUT2D eigenvalue weighted by Gasteiger charge is 2.53. The lowest BCUT2D eigenvalue weighted by Crippen LogP contribution is -2.41. The largest absolute Gasteiger partial charge is 0.497 e. The summed E-state index contributed by atoms with van der Waals surface area (Å²) in [6.07, 6.45) is 0. The third-order valence-electron chi connectivity index (χ3n) is 5.01. The van der Waals surface area contributed by atoms with E-state index in [0.717, 1.165) is 16.4 Å². The lowest BCUT2D eigenvalue weighted by molar-refractivity contribution is 0.00578. The van der Waals surface area contributed by atoms with Crippen LogP contribution in [0.4, 0.5) is 0 Å². The van der Waals surface area contributed by atoms with E-state index < -0.39 is 24.3 Å². The van der Waals surface area contributed by atoms with Crippen LogP contribution in [-0.2, 0) is 21.1 Å². The van der Waals surface area contributed by atoms with Crippen LogP contribution >= 0.6 is 0 Å². The molecular formula is C17H22BNO4. The van der Waals surface area contributed by atoms with Crippen LogP contribution in [0.2, 0.25) is 0 Å². The molecule has 0 amide bonds. The maximum atomic E-state index is 12.3. The number of hydrogen-bond acceptors (Lipinski definition) is 4. The Kier molecular flexibility index (Phi) is 3.57. The van der Waals surface area contributed by atoms with Crippen LogP contribution in [0.3, 0.4) is 0 Å². The number of ether oxygens (including phenoxy) is 1. The van der Waals surface area contributed by atoms with Crippen LogP contribution in [-0.4, -0.2) is 36.0 Å². The summed E-state index contributed by atoms with van der Waals surface area (Å²) in [5.41, 5.74) is 1.20. The molecule has 23 heavy (non-hydrogen) atoms. The predicted octanol–water partition coefficient (Wildman–Crippen LogP) is 2.26. The maximum Gasteiger partial charge on any atom is 0.497 e. The minimum atomic E-state index is -0.611. The lowest BCUT2D eigenvalue weighted by Gasteiger charge is -2.32. The van der Waals surface area contributed by atoms with Crippen molar-refractivity contribution >= 4 is 29.5 Å². The third-order valence-corrected chi connectivity index (χ3v) is 5.01. The minimum absolute atomic E-state index is 0.395. The summed E-state index contributed by atoms with van der Waals surface area (Å²) in [5.74, 6) is -0.395. The predicted molar refractivity (Wildman–Crippen MR) is 90.0 cm³/mol. The Bertz CT molecular complexity index is 762. The van der Waals surface area contributed by atoms with E-state index in [1.54, 1.807) is 0 Å². The fourth-order valence-corrected chi connectivity index (χ4v) is 2.97. The van der Waals surface area contributed by atoms with Gasteiger partial charge in [0.1, 0.15) is 5.69 Å². The molecule has 1 aliphatic rings. The molecule has 0 spiro atoms. The number of benzene rings is 1. The van der Waals surface area contributed by atoms with Gasteiger partial charge in [0.2, 0.25) is 0 Å². The van der Waals surface area contributed by atoms with Crippen molar-refractivity contribution in [3.05, 3.63) is 30.0 Å². The molecule has 1 fully saturated rings. The molecule has 0 unspecified atom stereocenters. The van der Waals surface area contributed by atoms with Crippen LogP contribution < -0.4 is 5.46 Å². The van der Waals surface area contributed by atoms with Gasteiger partial charge in [-0.05, 0) is 33.8 Å². The number of carbonyl (C=O) groups is 1. The number of rotatable bonds is 2. The molecule has 6 heteroatoms. The number of carbonyl (C=O) groups excluding carboxylic acids is 1. The Labute approximate surface area is 136 Å². The van der Waals surface area contributed by atoms with Crippen molar-refractivity contribution in [2.75, 3.05) is 7.11 Å². The van der Waals surface area contributed by atoms with Gasteiger partial charge in [-0.2, -0.15) is 0 Å². The monoisotopic (exact) mass is 315 g/mol. The first kappa shape index (κ1) is 16.1. The van der Waals surface area contributed by atoms with E-state index in [2.05, 4.69) is 0 Å². The van der Waals surface area contributed by atoms with Crippen LogP contribution in [0.25, 0.3) is 10.9 Å². The van der Waals surface area contributed by atoms with E-state index in [4.69, 9.17) is 14.0 Å². The molecule has 3 rings (SSSR count). The Morgan fingerprint density at radius 3 is 2.26 bits per heavy atom. The van der Waals surface area contributed by atoms with Crippen LogP contribution in [0, 0.1) is 0 Å². The van der Waals surface area contributed by atoms with Gasteiger partial charge in [0, 0.05) is 23.4 Å². The minimum Gasteiger partial charge on any atom is -0.464 e. The molecule has 2 heterocycles. The zero-order valence-corrected chi connectivity index (χ0v) is 14.5. The second kappa shape index (κ2) is 5.11. The lowest BCUT2D eigenvalue weighted by atomic mass is 9.76. The Hall–Kier alpha value is -1.79. The van der Waals surface area contributed by atoms with Crippen LogP contribution in [0.15, 0.2) is 24.3 Å². The van der Waals surface area contributed by atoms with Gasteiger partial charge in [0.05, 0.1) is 18.3 Å². The standard InChI is InChI=1S/C17H22BNO4/c1-16(2)17(3,4)23-18(22-16)13-11-9-7-8-10-12(11)19(5)14(13)15(20)21-6/h7-10H,1-6H3. The average Bonchev–Trinajstić information content (AvgIpc) is 2.89. The Morgan fingerprint density at radius 2 is 1.70 bits per heavy atom. The number of aryl methyl sites for hydroxylation is 1. The molecule has 0 radical (unpaired) electrons. The van der Waals surface area contributed by atoms with Gasteiger partial charge in [0.25, 0.3) is 0 Å². The summed E-state index contributed by atoms with van der Waals surface area (Å²) >= 11 is 0. The fourth-order valence-electron chi connectivity index (χ4n) is 2.97. The van der Waals surface area contributed by atoms with Gasteiger partial charge in [-0.1, -0.05) is 18.2 Å². The number of aromatic nitrogens is 1. The maximum absolute atomic E-state index is 12.3. The molecule has 1 aliphatic heterocycles. The summed E-state index contributed by atoms with van der Waals surface area (Å²) in [6.45, 7) is 7.98. The van der Waals surface area contributed by atoms with Crippen LogP contribution in [0.1, 0.15) is 38.2 Å². The van der Waals surface area contributed by atoms with Crippen molar-refractivity contribution in [1.29, 1.82) is 0 Å². The van der Waals surface area contributed by atoms with Crippen molar-refractivity contribution in [1.82, 2.24) is 4.57 Å². The molecule has 122 valence electrons. The summed E-state index contributed by atoms with van der Waals surface area (Å²) in [4.78, 5) is 12.3. The molecule has 0 saturated carbocycles. The number of methoxy groups -OCH3 is 1. The molecule has 0 aliphatic carbocycles. The molecule has 5 nitrogen and oxygen atoms in total. The van der Waals surface area contributed by atoms with E-state index in [9.17, 15) is 4.79 Å². The van der Waals surface area contributed by atoms with Gasteiger partial charge < -0.3 is 18.6 Å². The topological polar surface area (TPSA) is 49.7 Å². The summed E-state index contributed by atoms with van der Waals surface area (Å²) in [6, 6.07) is 7.83. The zero-order chi connectivity index (χ0) is 17.0. The number of nitrogens with zero attached hydrogens (tertiary/aromatic N) is 1. The van der Waals surface area contributed by atoms with Gasteiger partial charge in [-0.3, -0.25) is 0 Å². The number of para-hydroxylation sites is 1. The Morgan fingerprint density at radius 1 is 1.13 bits per heavy atom. The van der Waals surface area contributed by atoms with Gasteiger partial charge >= 0.3 is 13.1 Å². The molecule has 2 aromatic rings. The average molecular weight is 315 g/mol. The van der Waals surface area contributed by atoms with Crippen molar-refractivity contribution in [3.63, 3.8) is 0 Å². The van der Waals surface area contributed by atoms with E-state index in [1.807, 2.05) is 63.6 Å². The number of hydrogen-bond donors (Lipinski definition) is 0. The van der Waals surface area contributed by atoms with Gasteiger partial charge in [-0.25, -0.2) is 4.79 Å². The summed E-state index contributed by atoms with van der Waals surface area (Å²) in [7, 11) is 2.62. The molecule has 1 aromatic carbocycles. The van der Waals surface area contributed by atoms with Gasteiger partial charge in [-0.15, -0.1) is 0 Å². The van der Waals surface area contributed by atoms with Crippen molar-refractivity contribution in [2.24, 2.45) is 7.05 Å². The van der Waals surface area contributed by atoms with Crippen LogP contribution in [0.5, 0.6) is 0 Å². The first-order valence-corrected chi connectivity index (χ1v) is 7.71. The first-order valence-electron chi connectivity index (χ1n) is 7.71. The van der Waals surface area contributed by atoms with Crippen molar-refractivity contribution in [2.45, 2.75) is 38.9 Å². The third kappa shape index (κ3) is 2.28. The fraction of sp³-hybridized carbons (Fsp3) is 0.471. The molecular weight excluding hydrogens is 293 g/mol. The highest BCUT2D eigenvalue weighted by molar-refractivity contribution is 6.67. The molecule has 0 atom stereocenters. The molecule has 0 N–H and O–H groups in total. The molecule has 1 aromatic heterocycles. The Balaban J connectivity index is 2.23. The van der Waals surface area contributed by atoms with Crippen molar-refractivity contribution in [3.8, 4) is 0 Å². The van der Waals surface area contributed by atoms with E-state index >= 15 is 0 Å². The van der Waals surface area contributed by atoms with E-state index in [1.165, 1.54) is 7.11 Å². The number of fused-ring (bicyclic) bond motifs is 1. The summed E-state index contributed by atoms with van der Waals surface area (Å²) < 4.78 is 19.1. The van der Waals surface area contributed by atoms with Crippen molar-refractivity contribution < 1.29 is 18.8 Å². The normalized spacial score (nSPS) is 19.3. The highest BCUT2D eigenvalue weighted by atomic mass is 16.7. The van der Waals surface area contributed by atoms with E-state index in [-0.39, 0.29) is 0 Å².